The van der Waals surface area contributed by atoms with Gasteiger partial charge in [0.15, 0.2) is 0 Å². The van der Waals surface area contributed by atoms with Gasteiger partial charge in [0.05, 0.1) is 13.2 Å². The van der Waals surface area contributed by atoms with Crippen LogP contribution >= 0.6 is 15.9 Å². The Morgan fingerprint density at radius 3 is 2.90 bits per heavy atom. The van der Waals surface area contributed by atoms with E-state index in [0.29, 0.717) is 6.04 Å². The Morgan fingerprint density at radius 1 is 1.45 bits per heavy atom. The highest BCUT2D eigenvalue weighted by molar-refractivity contribution is 9.10. The molecule has 20 heavy (non-hydrogen) atoms. The van der Waals surface area contributed by atoms with E-state index >= 15 is 0 Å². The highest BCUT2D eigenvalue weighted by atomic mass is 79.9. The van der Waals surface area contributed by atoms with E-state index in [1.165, 1.54) is 5.56 Å². The first kappa shape index (κ1) is 16.0. The third-order valence-electron chi connectivity index (χ3n) is 4.10. The number of hydrogen-bond acceptors (Lipinski definition) is 3. The zero-order chi connectivity index (χ0) is 14.6. The van der Waals surface area contributed by atoms with Crippen LogP contribution in [0.3, 0.4) is 0 Å². The third kappa shape index (κ3) is 4.04. The van der Waals surface area contributed by atoms with E-state index in [2.05, 4.69) is 64.3 Å². The number of nitrogens with zero attached hydrogens (tertiary/aromatic N) is 1. The first-order valence-corrected chi connectivity index (χ1v) is 8.08. The molecule has 0 radical (unpaired) electrons. The average molecular weight is 341 g/mol. The molecule has 1 aliphatic heterocycles. The molecule has 0 saturated carbocycles. The van der Waals surface area contributed by atoms with Crippen molar-refractivity contribution in [3.05, 3.63) is 34.3 Å². The Balaban J connectivity index is 1.97. The summed E-state index contributed by atoms with van der Waals surface area (Å²) in [4.78, 5) is 2.54. The predicted molar refractivity (Wildman–Crippen MR) is 87.0 cm³/mol. The van der Waals surface area contributed by atoms with E-state index in [9.17, 15) is 0 Å². The van der Waals surface area contributed by atoms with E-state index in [1.807, 2.05) is 7.05 Å². The molecule has 0 bridgehead atoms. The second-order valence-corrected chi connectivity index (χ2v) is 6.95. The maximum Gasteiger partial charge on any atom is 0.0645 e. The van der Waals surface area contributed by atoms with Crippen LogP contribution in [-0.2, 0) is 4.74 Å². The zero-order valence-corrected chi connectivity index (χ0v) is 14.2. The van der Waals surface area contributed by atoms with Crippen LogP contribution < -0.4 is 5.32 Å². The topological polar surface area (TPSA) is 24.5 Å². The van der Waals surface area contributed by atoms with Crippen LogP contribution in [0.15, 0.2) is 28.7 Å². The molecule has 0 aromatic heterocycles. The smallest absolute Gasteiger partial charge is 0.0645 e. The van der Waals surface area contributed by atoms with Crippen molar-refractivity contribution in [1.82, 2.24) is 10.2 Å². The van der Waals surface area contributed by atoms with Crippen molar-refractivity contribution in [2.45, 2.75) is 31.8 Å². The van der Waals surface area contributed by atoms with Gasteiger partial charge in [0.1, 0.15) is 0 Å². The molecular formula is C16H25BrN2O. The quantitative estimate of drug-likeness (QED) is 0.890. The second-order valence-electron chi connectivity index (χ2n) is 6.04. The minimum absolute atomic E-state index is 0.147. The van der Waals surface area contributed by atoms with Gasteiger partial charge in [-0.1, -0.05) is 28.1 Å². The van der Waals surface area contributed by atoms with Gasteiger partial charge in [0.25, 0.3) is 0 Å². The molecule has 1 N–H and O–H groups in total. The van der Waals surface area contributed by atoms with E-state index in [4.69, 9.17) is 4.74 Å². The molecule has 3 nitrogen and oxygen atoms in total. The number of morpholine rings is 1. The summed E-state index contributed by atoms with van der Waals surface area (Å²) < 4.78 is 6.73. The van der Waals surface area contributed by atoms with Crippen molar-refractivity contribution in [1.29, 1.82) is 0 Å². The van der Waals surface area contributed by atoms with Crippen LogP contribution in [0.4, 0.5) is 0 Å². The molecule has 1 aliphatic rings. The lowest BCUT2D eigenvalue weighted by atomic mass is 9.99. The molecule has 0 amide bonds. The number of ether oxygens (including phenoxy) is 1. The van der Waals surface area contributed by atoms with Gasteiger partial charge in [-0.15, -0.1) is 0 Å². The fraction of sp³-hybridized carbons (Fsp3) is 0.625. The first-order valence-electron chi connectivity index (χ1n) is 7.28. The van der Waals surface area contributed by atoms with E-state index in [1.54, 1.807) is 0 Å². The van der Waals surface area contributed by atoms with Gasteiger partial charge in [-0.3, -0.25) is 4.90 Å². The van der Waals surface area contributed by atoms with Gasteiger partial charge in [-0.05, 0) is 45.0 Å². The third-order valence-corrected chi connectivity index (χ3v) is 4.60. The summed E-state index contributed by atoms with van der Waals surface area (Å²) in [5, 5.41) is 3.43. The van der Waals surface area contributed by atoms with E-state index < -0.39 is 0 Å². The molecule has 112 valence electrons. The minimum atomic E-state index is 0.147. The molecule has 0 aliphatic carbocycles. The Morgan fingerprint density at radius 2 is 2.25 bits per heavy atom. The molecule has 1 heterocycles. The maximum atomic E-state index is 5.59. The lowest BCUT2D eigenvalue weighted by Crippen LogP contribution is -2.53. The summed E-state index contributed by atoms with van der Waals surface area (Å²) in [6, 6.07) is 8.96. The standard InChI is InChI=1S/C16H25BrN2O/c1-16(2)12-20-10-9-19(16)8-7-15(18-3)13-5-4-6-14(17)11-13/h4-6,11,15,18H,7-10,12H2,1-3H3. The van der Waals surface area contributed by atoms with E-state index in [-0.39, 0.29) is 5.54 Å². The lowest BCUT2D eigenvalue weighted by Gasteiger charge is -2.42. The maximum absolute atomic E-state index is 5.59. The van der Waals surface area contributed by atoms with Gasteiger partial charge in [-0.2, -0.15) is 0 Å². The first-order chi connectivity index (χ1) is 9.53. The number of nitrogens with one attached hydrogen (secondary N) is 1. The fourth-order valence-electron chi connectivity index (χ4n) is 2.79. The monoisotopic (exact) mass is 340 g/mol. The SMILES string of the molecule is CNC(CCN1CCOCC1(C)C)c1cccc(Br)c1. The molecule has 1 aromatic carbocycles. The van der Waals surface area contributed by atoms with Gasteiger partial charge in [-0.25, -0.2) is 0 Å². The number of benzene rings is 1. The van der Waals surface area contributed by atoms with Gasteiger partial charge in [0.2, 0.25) is 0 Å². The summed E-state index contributed by atoms with van der Waals surface area (Å²) in [6.45, 7) is 8.33. The van der Waals surface area contributed by atoms with Crippen LogP contribution in [-0.4, -0.2) is 43.8 Å². The largest absolute Gasteiger partial charge is 0.378 e. The van der Waals surface area contributed by atoms with Crippen molar-refractivity contribution in [2.75, 3.05) is 33.4 Å². The fourth-order valence-corrected chi connectivity index (χ4v) is 3.21. The summed E-state index contributed by atoms with van der Waals surface area (Å²) in [6.07, 6.45) is 1.11. The second kappa shape index (κ2) is 7.03. The van der Waals surface area contributed by atoms with Crippen LogP contribution in [0.5, 0.6) is 0 Å². The highest BCUT2D eigenvalue weighted by Crippen LogP contribution is 2.24. The zero-order valence-electron chi connectivity index (χ0n) is 12.7. The Kier molecular flexibility index (Phi) is 5.61. The molecule has 1 aromatic rings. The summed E-state index contributed by atoms with van der Waals surface area (Å²) in [5.74, 6) is 0. The minimum Gasteiger partial charge on any atom is -0.378 e. The van der Waals surface area contributed by atoms with Crippen molar-refractivity contribution in [3.63, 3.8) is 0 Å². The molecule has 1 atom stereocenters. The molecule has 1 saturated heterocycles. The normalized spacial score (nSPS) is 20.8. The van der Waals surface area contributed by atoms with Crippen molar-refractivity contribution in [3.8, 4) is 0 Å². The van der Waals surface area contributed by atoms with Gasteiger partial charge in [0, 0.05) is 29.1 Å². The van der Waals surface area contributed by atoms with Gasteiger partial charge < -0.3 is 10.1 Å². The molecular weight excluding hydrogens is 316 g/mol. The van der Waals surface area contributed by atoms with Crippen LogP contribution in [0, 0.1) is 0 Å². The number of rotatable bonds is 5. The van der Waals surface area contributed by atoms with Crippen LogP contribution in [0.2, 0.25) is 0 Å². The molecule has 4 heteroatoms. The molecule has 1 unspecified atom stereocenters. The predicted octanol–water partition coefficient (Wildman–Crippen LogP) is 3.21. The Labute approximate surface area is 130 Å². The Hall–Kier alpha value is -0.420. The van der Waals surface area contributed by atoms with Crippen molar-refractivity contribution in [2.24, 2.45) is 0 Å². The van der Waals surface area contributed by atoms with Crippen LogP contribution in [0.25, 0.3) is 0 Å². The van der Waals surface area contributed by atoms with Crippen LogP contribution in [0.1, 0.15) is 31.9 Å². The number of hydrogen-bond donors (Lipinski definition) is 1. The average Bonchev–Trinajstić information content (AvgIpc) is 2.41. The molecule has 0 spiro atoms. The van der Waals surface area contributed by atoms with Crippen molar-refractivity contribution < 1.29 is 4.74 Å². The Bertz CT molecular complexity index is 436. The summed E-state index contributed by atoms with van der Waals surface area (Å²) in [7, 11) is 2.04. The summed E-state index contributed by atoms with van der Waals surface area (Å²) in [5.41, 5.74) is 1.49. The number of halogens is 1. The van der Waals surface area contributed by atoms with E-state index in [0.717, 1.165) is 37.2 Å². The molecule has 1 fully saturated rings. The summed E-state index contributed by atoms with van der Waals surface area (Å²) >= 11 is 3.55. The van der Waals surface area contributed by atoms with Gasteiger partial charge >= 0.3 is 0 Å². The molecule has 2 rings (SSSR count). The highest BCUT2D eigenvalue weighted by Gasteiger charge is 2.30. The van der Waals surface area contributed by atoms with Crippen molar-refractivity contribution >= 4 is 15.9 Å². The lowest BCUT2D eigenvalue weighted by molar-refractivity contribution is -0.0520.